The van der Waals surface area contributed by atoms with Gasteiger partial charge in [-0.1, -0.05) is 41.9 Å². The van der Waals surface area contributed by atoms with Gasteiger partial charge in [0.1, 0.15) is 19.3 Å². The van der Waals surface area contributed by atoms with Crippen LogP contribution in [0.25, 0.3) is 0 Å². The van der Waals surface area contributed by atoms with Gasteiger partial charge in [0.2, 0.25) is 0 Å². The quantitative estimate of drug-likeness (QED) is 0.841. The molecule has 2 aromatic carbocycles. The van der Waals surface area contributed by atoms with Gasteiger partial charge >= 0.3 is 5.97 Å². The lowest BCUT2D eigenvalue weighted by Gasteiger charge is -2.21. The molecule has 0 amide bonds. The van der Waals surface area contributed by atoms with Crippen molar-refractivity contribution in [1.82, 2.24) is 5.32 Å². The zero-order valence-electron chi connectivity index (χ0n) is 13.0. The minimum absolute atomic E-state index is 0.375. The normalized spacial score (nSPS) is 14.2. The van der Waals surface area contributed by atoms with Gasteiger partial charge in [-0.05, 0) is 29.7 Å². The number of ether oxygens (including phenoxy) is 2. The Labute approximate surface area is 145 Å². The molecular weight excluding hydrogens is 330 g/mol. The number of rotatable bonds is 6. The molecule has 6 heteroatoms. The molecule has 0 radical (unpaired) electrons. The van der Waals surface area contributed by atoms with Crippen molar-refractivity contribution in [3.63, 3.8) is 0 Å². The van der Waals surface area contributed by atoms with Crippen molar-refractivity contribution >= 4 is 17.6 Å². The number of aliphatic carboxylic acids is 1. The van der Waals surface area contributed by atoms with Crippen molar-refractivity contribution in [3.8, 4) is 11.5 Å². The van der Waals surface area contributed by atoms with Crippen molar-refractivity contribution in [3.05, 3.63) is 58.6 Å². The average molecular weight is 348 g/mol. The molecule has 0 saturated carbocycles. The molecule has 3 rings (SSSR count). The summed E-state index contributed by atoms with van der Waals surface area (Å²) < 4.78 is 11.0. The molecule has 1 aliphatic heterocycles. The van der Waals surface area contributed by atoms with Crippen LogP contribution in [0.3, 0.4) is 0 Å². The Hall–Kier alpha value is -2.24. The first-order chi connectivity index (χ1) is 11.6. The van der Waals surface area contributed by atoms with Gasteiger partial charge in [-0.3, -0.25) is 4.79 Å². The van der Waals surface area contributed by atoms with E-state index >= 15 is 0 Å². The van der Waals surface area contributed by atoms with E-state index in [1.54, 1.807) is 6.07 Å². The Bertz CT molecular complexity index is 720. The lowest BCUT2D eigenvalue weighted by atomic mass is 10.1. The monoisotopic (exact) mass is 347 g/mol. The van der Waals surface area contributed by atoms with Gasteiger partial charge < -0.3 is 19.9 Å². The number of carboxylic acid groups (broad SMARTS) is 1. The van der Waals surface area contributed by atoms with Crippen molar-refractivity contribution in [2.24, 2.45) is 0 Å². The minimum Gasteiger partial charge on any atom is -0.486 e. The number of hydrogen-bond acceptors (Lipinski definition) is 4. The first kappa shape index (κ1) is 16.6. The highest BCUT2D eigenvalue weighted by molar-refractivity contribution is 6.32. The SMILES string of the molecule is O=C(O)[C@H](Cc1ccccc1)NCc1cc(Cl)c2c(c1)OCCO2. The highest BCUT2D eigenvalue weighted by atomic mass is 35.5. The van der Waals surface area contributed by atoms with Gasteiger partial charge in [0.15, 0.2) is 11.5 Å². The van der Waals surface area contributed by atoms with Crippen LogP contribution in [0.15, 0.2) is 42.5 Å². The van der Waals surface area contributed by atoms with E-state index in [0.717, 1.165) is 11.1 Å². The van der Waals surface area contributed by atoms with E-state index in [-0.39, 0.29) is 0 Å². The topological polar surface area (TPSA) is 67.8 Å². The summed E-state index contributed by atoms with van der Waals surface area (Å²) in [7, 11) is 0. The fourth-order valence-corrected chi connectivity index (χ4v) is 2.89. The van der Waals surface area contributed by atoms with Crippen LogP contribution in [0, 0.1) is 0 Å². The van der Waals surface area contributed by atoms with Gasteiger partial charge in [-0.2, -0.15) is 0 Å². The molecule has 2 N–H and O–H groups in total. The maximum Gasteiger partial charge on any atom is 0.321 e. The fraction of sp³-hybridized carbons (Fsp3) is 0.278. The molecule has 0 saturated heterocycles. The van der Waals surface area contributed by atoms with Gasteiger partial charge in [0.25, 0.3) is 0 Å². The molecule has 1 atom stereocenters. The zero-order valence-corrected chi connectivity index (χ0v) is 13.8. The predicted octanol–water partition coefficient (Wildman–Crippen LogP) is 2.90. The molecule has 0 aliphatic carbocycles. The highest BCUT2D eigenvalue weighted by Crippen LogP contribution is 2.38. The third-order valence-electron chi connectivity index (χ3n) is 3.79. The second-order valence-electron chi connectivity index (χ2n) is 5.56. The molecular formula is C18H18ClNO4. The van der Waals surface area contributed by atoms with Crippen LogP contribution in [0.4, 0.5) is 0 Å². The van der Waals surface area contributed by atoms with Crippen LogP contribution in [0.2, 0.25) is 5.02 Å². The van der Waals surface area contributed by atoms with Crippen molar-refractivity contribution in [2.75, 3.05) is 13.2 Å². The summed E-state index contributed by atoms with van der Waals surface area (Å²) in [6.07, 6.45) is 0.411. The van der Waals surface area contributed by atoms with E-state index in [4.69, 9.17) is 21.1 Å². The molecule has 0 bridgehead atoms. The first-order valence-electron chi connectivity index (χ1n) is 7.71. The van der Waals surface area contributed by atoms with Gasteiger partial charge in [0, 0.05) is 6.54 Å². The molecule has 5 nitrogen and oxygen atoms in total. The summed E-state index contributed by atoms with van der Waals surface area (Å²) in [5.41, 5.74) is 1.82. The van der Waals surface area contributed by atoms with Gasteiger partial charge in [0.05, 0.1) is 5.02 Å². The van der Waals surface area contributed by atoms with E-state index in [2.05, 4.69) is 5.32 Å². The Kier molecular flexibility index (Phi) is 5.23. The van der Waals surface area contributed by atoms with E-state index in [9.17, 15) is 9.90 Å². The molecule has 126 valence electrons. The number of hydrogen-bond donors (Lipinski definition) is 2. The van der Waals surface area contributed by atoms with Crippen molar-refractivity contribution in [2.45, 2.75) is 19.0 Å². The molecule has 0 unspecified atom stereocenters. The van der Waals surface area contributed by atoms with Crippen LogP contribution in [-0.4, -0.2) is 30.3 Å². The van der Waals surface area contributed by atoms with Crippen LogP contribution >= 0.6 is 11.6 Å². The zero-order chi connectivity index (χ0) is 16.9. The van der Waals surface area contributed by atoms with Gasteiger partial charge in [-0.15, -0.1) is 0 Å². The smallest absolute Gasteiger partial charge is 0.321 e. The standard InChI is InChI=1S/C18H18ClNO4/c19-14-8-13(10-16-17(14)24-7-6-23-16)11-20-15(18(21)22)9-12-4-2-1-3-5-12/h1-5,8,10,15,20H,6-7,9,11H2,(H,21,22)/t15-/m0/s1. The summed E-state index contributed by atoms with van der Waals surface area (Å²) >= 11 is 6.21. The Morgan fingerprint density at radius 1 is 1.17 bits per heavy atom. The van der Waals surface area contributed by atoms with Crippen LogP contribution in [0.5, 0.6) is 11.5 Å². The lowest BCUT2D eigenvalue weighted by molar-refractivity contribution is -0.139. The van der Waals surface area contributed by atoms with Crippen molar-refractivity contribution in [1.29, 1.82) is 0 Å². The van der Waals surface area contributed by atoms with E-state index in [1.165, 1.54) is 0 Å². The van der Waals surface area contributed by atoms with Crippen LogP contribution in [0.1, 0.15) is 11.1 Å². The summed E-state index contributed by atoms with van der Waals surface area (Å²) in [5.74, 6) is 0.258. The number of fused-ring (bicyclic) bond motifs is 1. The Morgan fingerprint density at radius 2 is 1.92 bits per heavy atom. The van der Waals surface area contributed by atoms with E-state index in [0.29, 0.717) is 42.7 Å². The number of nitrogens with one attached hydrogen (secondary N) is 1. The maximum absolute atomic E-state index is 11.5. The third kappa shape index (κ3) is 3.99. The average Bonchev–Trinajstić information content (AvgIpc) is 2.59. The fourth-order valence-electron chi connectivity index (χ4n) is 2.60. The van der Waals surface area contributed by atoms with Crippen LogP contribution in [-0.2, 0) is 17.8 Å². The molecule has 1 aliphatic rings. The largest absolute Gasteiger partial charge is 0.486 e. The second kappa shape index (κ2) is 7.55. The molecule has 0 fully saturated rings. The molecule has 1 heterocycles. The highest BCUT2D eigenvalue weighted by Gasteiger charge is 2.20. The predicted molar refractivity (Wildman–Crippen MR) is 90.9 cm³/mol. The molecule has 24 heavy (non-hydrogen) atoms. The second-order valence-corrected chi connectivity index (χ2v) is 5.97. The summed E-state index contributed by atoms with van der Waals surface area (Å²) in [6.45, 7) is 1.33. The molecule has 2 aromatic rings. The van der Waals surface area contributed by atoms with E-state index < -0.39 is 12.0 Å². The van der Waals surface area contributed by atoms with Gasteiger partial charge in [-0.25, -0.2) is 0 Å². The number of carbonyl (C=O) groups is 1. The Morgan fingerprint density at radius 3 is 2.67 bits per heavy atom. The Balaban J connectivity index is 1.68. The summed E-state index contributed by atoms with van der Waals surface area (Å²) in [5, 5.41) is 13.0. The van der Waals surface area contributed by atoms with Crippen molar-refractivity contribution < 1.29 is 19.4 Å². The third-order valence-corrected chi connectivity index (χ3v) is 4.07. The maximum atomic E-state index is 11.5. The summed E-state index contributed by atoms with van der Waals surface area (Å²) in [6, 6.07) is 12.4. The molecule has 0 aromatic heterocycles. The minimum atomic E-state index is -0.887. The molecule has 0 spiro atoms. The summed E-state index contributed by atoms with van der Waals surface area (Å²) in [4.78, 5) is 11.5. The lowest BCUT2D eigenvalue weighted by Crippen LogP contribution is -2.38. The number of carboxylic acids is 1. The number of halogens is 1. The first-order valence-corrected chi connectivity index (χ1v) is 8.09. The number of benzene rings is 2. The van der Waals surface area contributed by atoms with E-state index in [1.807, 2.05) is 36.4 Å². The van der Waals surface area contributed by atoms with Crippen LogP contribution < -0.4 is 14.8 Å².